The van der Waals surface area contributed by atoms with E-state index in [1.54, 1.807) is 18.2 Å². The van der Waals surface area contributed by atoms with Crippen LogP contribution in [0.1, 0.15) is 23.0 Å². The van der Waals surface area contributed by atoms with Crippen LogP contribution in [0.2, 0.25) is 13.1 Å². The first kappa shape index (κ1) is 24.2. The fraction of sp³-hybridized carbons (Fsp3) is 0.269. The predicted molar refractivity (Wildman–Crippen MR) is 132 cm³/mol. The maximum absolute atomic E-state index is 14.2. The maximum Gasteiger partial charge on any atom is 0.211 e. The molecule has 3 rings (SSSR count). The van der Waals surface area contributed by atoms with Crippen molar-refractivity contribution < 1.29 is 19.2 Å². The molecule has 0 aliphatic heterocycles. The lowest BCUT2D eigenvalue weighted by Gasteiger charge is -2.31. The standard InChI is InChI=1S/C26H29NO5Si/c1-31-23-16-15-20(17-24(23)32-2)22(18-27(29)30)25(19-11-7-5-8-12-19)26(28)33(3,4)21-13-9-6-10-14-21/h5-17,22,25H,18H2,1-4H3/t22-,25+/m0/s1. The fourth-order valence-corrected chi connectivity index (χ4v) is 6.72. The molecular weight excluding hydrogens is 434 g/mol. The van der Waals surface area contributed by atoms with E-state index in [1.165, 1.54) is 14.2 Å². The van der Waals surface area contributed by atoms with Gasteiger partial charge in [0.2, 0.25) is 6.54 Å². The monoisotopic (exact) mass is 463 g/mol. The summed E-state index contributed by atoms with van der Waals surface area (Å²) < 4.78 is 10.8. The highest BCUT2D eigenvalue weighted by atomic mass is 28.3. The Labute approximate surface area is 195 Å². The third-order valence-corrected chi connectivity index (χ3v) is 9.46. The van der Waals surface area contributed by atoms with Crippen LogP contribution in [0.15, 0.2) is 78.9 Å². The third-order valence-electron chi connectivity index (χ3n) is 6.14. The van der Waals surface area contributed by atoms with Crippen LogP contribution in [0.5, 0.6) is 11.5 Å². The Bertz CT molecular complexity index is 1100. The van der Waals surface area contributed by atoms with Gasteiger partial charge >= 0.3 is 0 Å². The van der Waals surface area contributed by atoms with Crippen molar-refractivity contribution >= 4 is 18.7 Å². The Morgan fingerprint density at radius 1 is 0.879 bits per heavy atom. The lowest BCUT2D eigenvalue weighted by atomic mass is 9.82. The van der Waals surface area contributed by atoms with Gasteiger partial charge in [-0.15, -0.1) is 0 Å². The maximum atomic E-state index is 14.2. The molecule has 0 amide bonds. The number of carbonyl (C=O) groups excluding carboxylic acids is 1. The summed E-state index contributed by atoms with van der Waals surface area (Å²) in [6.07, 6.45) is 0. The topological polar surface area (TPSA) is 78.7 Å². The molecule has 172 valence electrons. The molecule has 0 spiro atoms. The van der Waals surface area contributed by atoms with E-state index >= 15 is 0 Å². The van der Waals surface area contributed by atoms with Crippen molar-refractivity contribution in [3.8, 4) is 11.5 Å². The molecule has 0 radical (unpaired) electrons. The van der Waals surface area contributed by atoms with Crippen LogP contribution in [0.3, 0.4) is 0 Å². The van der Waals surface area contributed by atoms with Gasteiger partial charge in [-0.2, -0.15) is 0 Å². The minimum Gasteiger partial charge on any atom is -0.493 e. The first-order valence-electron chi connectivity index (χ1n) is 10.8. The molecule has 6 nitrogen and oxygen atoms in total. The molecule has 3 aromatic carbocycles. The van der Waals surface area contributed by atoms with E-state index in [2.05, 4.69) is 0 Å². The summed E-state index contributed by atoms with van der Waals surface area (Å²) in [5, 5.41) is 12.8. The predicted octanol–water partition coefficient (Wildman–Crippen LogP) is 4.57. The lowest BCUT2D eigenvalue weighted by Crippen LogP contribution is -2.53. The second-order valence-electron chi connectivity index (χ2n) is 8.48. The van der Waals surface area contributed by atoms with E-state index in [0.717, 1.165) is 10.8 Å². The average molecular weight is 464 g/mol. The smallest absolute Gasteiger partial charge is 0.211 e. The second kappa shape index (κ2) is 10.4. The van der Waals surface area contributed by atoms with Crippen molar-refractivity contribution in [2.75, 3.05) is 20.8 Å². The first-order chi connectivity index (χ1) is 15.8. The van der Waals surface area contributed by atoms with Crippen LogP contribution in [-0.2, 0) is 4.79 Å². The highest BCUT2D eigenvalue weighted by Crippen LogP contribution is 2.39. The van der Waals surface area contributed by atoms with Gasteiger partial charge in [0.1, 0.15) is 5.41 Å². The van der Waals surface area contributed by atoms with E-state index in [-0.39, 0.29) is 16.9 Å². The van der Waals surface area contributed by atoms with Crippen molar-refractivity contribution in [3.63, 3.8) is 0 Å². The van der Waals surface area contributed by atoms with Crippen molar-refractivity contribution in [1.29, 1.82) is 0 Å². The molecule has 0 N–H and O–H groups in total. The lowest BCUT2D eigenvalue weighted by molar-refractivity contribution is -0.483. The van der Waals surface area contributed by atoms with Gasteiger partial charge in [-0.05, 0) is 23.3 Å². The van der Waals surface area contributed by atoms with Gasteiger partial charge < -0.3 is 14.3 Å². The van der Waals surface area contributed by atoms with Crippen molar-refractivity contribution in [2.24, 2.45) is 0 Å². The van der Waals surface area contributed by atoms with Gasteiger partial charge in [0.15, 0.2) is 19.6 Å². The molecule has 0 aliphatic carbocycles. The molecule has 0 bridgehead atoms. The third kappa shape index (κ3) is 5.31. The fourth-order valence-electron chi connectivity index (χ4n) is 4.26. The Morgan fingerprint density at radius 3 is 2.00 bits per heavy atom. The zero-order chi connectivity index (χ0) is 24.0. The Kier molecular flexibility index (Phi) is 7.66. The normalized spacial score (nSPS) is 13.1. The SMILES string of the molecule is COc1ccc([C@H](C[N+](=O)[O-])[C@H](C(=O)[Si](C)(C)c2ccccc2)c2ccccc2)cc1OC. The number of ether oxygens (including phenoxy) is 2. The van der Waals surface area contributed by atoms with E-state index in [9.17, 15) is 14.9 Å². The molecule has 0 aromatic heterocycles. The van der Waals surface area contributed by atoms with Gasteiger partial charge in [0.05, 0.1) is 26.1 Å². The van der Waals surface area contributed by atoms with Crippen LogP contribution in [-0.4, -0.2) is 39.2 Å². The van der Waals surface area contributed by atoms with Crippen LogP contribution in [0, 0.1) is 10.1 Å². The summed E-state index contributed by atoms with van der Waals surface area (Å²) in [6, 6.07) is 24.4. The second-order valence-corrected chi connectivity index (χ2v) is 12.8. The number of benzene rings is 3. The zero-order valence-electron chi connectivity index (χ0n) is 19.4. The molecule has 0 heterocycles. The summed E-state index contributed by atoms with van der Waals surface area (Å²) in [5.41, 5.74) is 1.45. The summed E-state index contributed by atoms with van der Waals surface area (Å²) in [5.74, 6) is -0.327. The quantitative estimate of drug-likeness (QED) is 0.250. The zero-order valence-corrected chi connectivity index (χ0v) is 20.4. The number of hydrogen-bond acceptors (Lipinski definition) is 5. The molecule has 0 unspecified atom stereocenters. The van der Waals surface area contributed by atoms with Crippen LogP contribution >= 0.6 is 0 Å². The van der Waals surface area contributed by atoms with E-state index in [0.29, 0.717) is 17.1 Å². The van der Waals surface area contributed by atoms with Gasteiger partial charge in [-0.1, -0.05) is 85.0 Å². The number of rotatable bonds is 10. The largest absolute Gasteiger partial charge is 0.493 e. The van der Waals surface area contributed by atoms with Crippen molar-refractivity contribution in [3.05, 3.63) is 100 Å². The molecule has 2 atom stereocenters. The Balaban J connectivity index is 2.18. The number of nitrogens with zero attached hydrogens (tertiary/aromatic N) is 1. The van der Waals surface area contributed by atoms with Gasteiger partial charge in [0.25, 0.3) is 0 Å². The van der Waals surface area contributed by atoms with Gasteiger partial charge in [-0.25, -0.2) is 0 Å². The number of methoxy groups -OCH3 is 2. The molecule has 0 saturated carbocycles. The molecule has 33 heavy (non-hydrogen) atoms. The molecular formula is C26H29NO5Si. The summed E-state index contributed by atoms with van der Waals surface area (Å²) in [6.45, 7) is 3.65. The van der Waals surface area contributed by atoms with Crippen LogP contribution in [0.25, 0.3) is 0 Å². The number of nitro groups is 1. The summed E-state index contributed by atoms with van der Waals surface area (Å²) >= 11 is 0. The van der Waals surface area contributed by atoms with Crippen LogP contribution < -0.4 is 14.7 Å². The highest BCUT2D eigenvalue weighted by Gasteiger charge is 2.43. The van der Waals surface area contributed by atoms with E-state index in [1.807, 2.05) is 73.8 Å². The molecule has 0 aliphatic rings. The van der Waals surface area contributed by atoms with E-state index < -0.39 is 19.9 Å². The number of hydrogen-bond donors (Lipinski definition) is 0. The molecule has 0 fully saturated rings. The summed E-state index contributed by atoms with van der Waals surface area (Å²) in [7, 11) is 0.429. The highest BCUT2D eigenvalue weighted by molar-refractivity contribution is 7.13. The van der Waals surface area contributed by atoms with E-state index in [4.69, 9.17) is 9.47 Å². The summed E-state index contributed by atoms with van der Waals surface area (Å²) in [4.78, 5) is 25.7. The average Bonchev–Trinajstić information content (AvgIpc) is 2.84. The molecule has 7 heteroatoms. The van der Waals surface area contributed by atoms with Crippen LogP contribution in [0.4, 0.5) is 0 Å². The Hall–Kier alpha value is -3.45. The first-order valence-corrected chi connectivity index (χ1v) is 13.8. The molecule has 0 saturated heterocycles. The number of carbonyl (C=O) groups is 1. The Morgan fingerprint density at radius 2 is 1.45 bits per heavy atom. The molecule has 3 aromatic rings. The minimum absolute atomic E-state index is 0.0570. The van der Waals surface area contributed by atoms with Crippen molar-refractivity contribution in [2.45, 2.75) is 24.9 Å². The van der Waals surface area contributed by atoms with Crippen molar-refractivity contribution in [1.82, 2.24) is 0 Å². The minimum atomic E-state index is -2.63. The van der Waals surface area contributed by atoms with Gasteiger partial charge in [-0.3, -0.25) is 10.1 Å². The van der Waals surface area contributed by atoms with Gasteiger partial charge in [0, 0.05) is 4.92 Å².